The first kappa shape index (κ1) is 19.8. The smallest absolute Gasteiger partial charge is 0.227 e. The summed E-state index contributed by atoms with van der Waals surface area (Å²) >= 11 is 5.84. The van der Waals surface area contributed by atoms with Gasteiger partial charge in [0.05, 0.1) is 18.7 Å². The first-order chi connectivity index (χ1) is 14.2. The number of para-hydroxylation sites is 2. The molecule has 7 nitrogen and oxygen atoms in total. The van der Waals surface area contributed by atoms with E-state index >= 15 is 0 Å². The van der Waals surface area contributed by atoms with E-state index in [0.29, 0.717) is 11.7 Å². The van der Waals surface area contributed by atoms with Crippen LogP contribution in [0.15, 0.2) is 36.4 Å². The summed E-state index contributed by atoms with van der Waals surface area (Å²) in [6.07, 6.45) is 1.89. The second-order valence-electron chi connectivity index (χ2n) is 7.48. The number of carbonyl (C=O) groups excluding carboxylic acids is 1. The average Bonchev–Trinajstić information content (AvgIpc) is 2.79. The minimum absolute atomic E-state index is 0.000889. The number of methoxy groups -OCH3 is 1. The molecule has 0 radical (unpaired) electrons. The molecule has 1 aromatic carbocycles. The van der Waals surface area contributed by atoms with E-state index in [-0.39, 0.29) is 11.8 Å². The fraction of sp³-hybridized carbons (Fsp3) is 0.476. The van der Waals surface area contributed by atoms with Gasteiger partial charge < -0.3 is 19.4 Å². The van der Waals surface area contributed by atoms with E-state index in [4.69, 9.17) is 16.3 Å². The number of anilines is 2. The molecule has 0 aliphatic carbocycles. The van der Waals surface area contributed by atoms with Gasteiger partial charge in [-0.2, -0.15) is 0 Å². The van der Waals surface area contributed by atoms with Crippen molar-refractivity contribution in [3.63, 3.8) is 0 Å². The molecule has 4 rings (SSSR count). The molecule has 2 aromatic rings. The highest BCUT2D eigenvalue weighted by Crippen LogP contribution is 2.29. The highest BCUT2D eigenvalue weighted by Gasteiger charge is 2.32. The lowest BCUT2D eigenvalue weighted by Crippen LogP contribution is -2.52. The van der Waals surface area contributed by atoms with Crippen molar-refractivity contribution in [2.45, 2.75) is 12.8 Å². The molecule has 0 bridgehead atoms. The fourth-order valence-corrected chi connectivity index (χ4v) is 4.28. The van der Waals surface area contributed by atoms with Gasteiger partial charge in [0.25, 0.3) is 0 Å². The second-order valence-corrected chi connectivity index (χ2v) is 7.87. The van der Waals surface area contributed by atoms with Crippen molar-refractivity contribution in [3.8, 4) is 5.75 Å². The first-order valence-corrected chi connectivity index (χ1v) is 10.4. The van der Waals surface area contributed by atoms with E-state index in [2.05, 4.69) is 26.1 Å². The molecule has 0 unspecified atom stereocenters. The predicted octanol–water partition coefficient (Wildman–Crippen LogP) is 2.70. The van der Waals surface area contributed by atoms with Crippen LogP contribution in [0.5, 0.6) is 5.75 Å². The quantitative estimate of drug-likeness (QED) is 0.765. The Morgan fingerprint density at radius 3 is 2.55 bits per heavy atom. The van der Waals surface area contributed by atoms with Crippen molar-refractivity contribution in [3.05, 3.63) is 41.6 Å². The van der Waals surface area contributed by atoms with Crippen LogP contribution in [0.1, 0.15) is 12.8 Å². The van der Waals surface area contributed by atoms with Crippen LogP contribution in [0.4, 0.5) is 11.5 Å². The van der Waals surface area contributed by atoms with Crippen LogP contribution in [0, 0.1) is 5.92 Å². The Bertz CT molecular complexity index is 839. The van der Waals surface area contributed by atoms with Crippen LogP contribution in [0.25, 0.3) is 0 Å². The average molecular weight is 416 g/mol. The van der Waals surface area contributed by atoms with E-state index in [0.717, 1.165) is 62.8 Å². The molecule has 154 valence electrons. The Hall–Kier alpha value is -2.54. The fourth-order valence-electron chi connectivity index (χ4n) is 4.18. The van der Waals surface area contributed by atoms with Crippen LogP contribution < -0.4 is 14.5 Å². The van der Waals surface area contributed by atoms with Gasteiger partial charge in [0, 0.05) is 39.3 Å². The molecule has 0 N–H and O–H groups in total. The van der Waals surface area contributed by atoms with Crippen LogP contribution >= 0.6 is 11.6 Å². The van der Waals surface area contributed by atoms with Gasteiger partial charge in [0.1, 0.15) is 5.75 Å². The van der Waals surface area contributed by atoms with E-state index in [1.54, 1.807) is 13.2 Å². The molecule has 2 aliphatic rings. The van der Waals surface area contributed by atoms with Gasteiger partial charge in [0.2, 0.25) is 5.91 Å². The maximum Gasteiger partial charge on any atom is 0.227 e. The minimum atomic E-state index is -0.000889. The van der Waals surface area contributed by atoms with Gasteiger partial charge in [-0.1, -0.05) is 23.7 Å². The van der Waals surface area contributed by atoms with Crippen molar-refractivity contribution in [1.29, 1.82) is 0 Å². The highest BCUT2D eigenvalue weighted by atomic mass is 35.5. The monoisotopic (exact) mass is 415 g/mol. The topological polar surface area (TPSA) is 61.8 Å². The number of nitrogens with zero attached hydrogens (tertiary/aromatic N) is 5. The van der Waals surface area contributed by atoms with E-state index in [9.17, 15) is 4.79 Å². The molecular weight excluding hydrogens is 390 g/mol. The molecule has 0 spiro atoms. The zero-order valence-corrected chi connectivity index (χ0v) is 17.4. The number of hydrogen-bond acceptors (Lipinski definition) is 6. The summed E-state index contributed by atoms with van der Waals surface area (Å²) in [5, 5.41) is 8.48. The van der Waals surface area contributed by atoms with Crippen molar-refractivity contribution in [2.75, 3.05) is 56.2 Å². The zero-order chi connectivity index (χ0) is 20.2. The predicted molar refractivity (Wildman–Crippen MR) is 114 cm³/mol. The third kappa shape index (κ3) is 4.40. The summed E-state index contributed by atoms with van der Waals surface area (Å²) in [6.45, 7) is 4.65. The van der Waals surface area contributed by atoms with Gasteiger partial charge >= 0.3 is 0 Å². The number of rotatable bonds is 4. The summed E-state index contributed by atoms with van der Waals surface area (Å²) in [5.74, 6) is 1.91. The largest absolute Gasteiger partial charge is 0.495 e. The third-order valence-corrected chi connectivity index (χ3v) is 5.93. The van der Waals surface area contributed by atoms with Gasteiger partial charge in [-0.15, -0.1) is 10.2 Å². The SMILES string of the molecule is COc1ccccc1N1CCN(C(=O)[C@@H]2CCCN(c3ccc(Cl)nn3)C2)CC1. The first-order valence-electron chi connectivity index (χ1n) is 10.1. The summed E-state index contributed by atoms with van der Waals surface area (Å²) < 4.78 is 5.48. The van der Waals surface area contributed by atoms with E-state index in [1.165, 1.54) is 0 Å². The van der Waals surface area contributed by atoms with Crippen molar-refractivity contribution in [2.24, 2.45) is 5.92 Å². The number of hydrogen-bond donors (Lipinski definition) is 0. The molecule has 29 heavy (non-hydrogen) atoms. The number of halogens is 1. The van der Waals surface area contributed by atoms with E-state index < -0.39 is 0 Å². The number of benzene rings is 1. The van der Waals surface area contributed by atoms with Gasteiger partial charge in [-0.25, -0.2) is 0 Å². The zero-order valence-electron chi connectivity index (χ0n) is 16.6. The maximum absolute atomic E-state index is 13.1. The Morgan fingerprint density at radius 1 is 1.03 bits per heavy atom. The standard InChI is InChI=1S/C21H26ClN5O2/c1-29-18-7-3-2-6-17(18)25-11-13-26(14-12-25)21(28)16-5-4-10-27(15-16)20-9-8-19(22)23-24-20/h2-3,6-9,16H,4-5,10-15H2,1H3/t16-/m1/s1. The Labute approximate surface area is 176 Å². The summed E-state index contributed by atoms with van der Waals surface area (Å²) in [6, 6.07) is 11.7. The Balaban J connectivity index is 1.36. The molecule has 8 heteroatoms. The normalized spacial score (nSPS) is 19.9. The lowest BCUT2D eigenvalue weighted by molar-refractivity contribution is -0.136. The minimum Gasteiger partial charge on any atom is -0.495 e. The molecule has 1 atom stereocenters. The molecule has 2 aliphatic heterocycles. The van der Waals surface area contributed by atoms with Crippen LogP contribution in [-0.2, 0) is 4.79 Å². The maximum atomic E-state index is 13.1. The number of aromatic nitrogens is 2. The number of carbonyl (C=O) groups is 1. The molecule has 2 saturated heterocycles. The molecule has 3 heterocycles. The molecule has 0 saturated carbocycles. The second kappa shape index (κ2) is 8.86. The van der Waals surface area contributed by atoms with Gasteiger partial charge in [0.15, 0.2) is 11.0 Å². The van der Waals surface area contributed by atoms with Crippen LogP contribution in [0.3, 0.4) is 0 Å². The third-order valence-electron chi connectivity index (χ3n) is 5.73. The molecule has 1 aromatic heterocycles. The van der Waals surface area contributed by atoms with Crippen molar-refractivity contribution < 1.29 is 9.53 Å². The van der Waals surface area contributed by atoms with Gasteiger partial charge in [-0.05, 0) is 37.1 Å². The number of piperazine rings is 1. The number of piperidine rings is 1. The highest BCUT2D eigenvalue weighted by molar-refractivity contribution is 6.29. The summed E-state index contributed by atoms with van der Waals surface area (Å²) in [4.78, 5) is 19.6. The summed E-state index contributed by atoms with van der Waals surface area (Å²) in [7, 11) is 1.69. The lowest BCUT2D eigenvalue weighted by Gasteiger charge is -2.40. The Morgan fingerprint density at radius 2 is 1.83 bits per heavy atom. The molecule has 2 fully saturated rings. The van der Waals surface area contributed by atoms with Crippen molar-refractivity contribution in [1.82, 2.24) is 15.1 Å². The summed E-state index contributed by atoms with van der Waals surface area (Å²) in [5.41, 5.74) is 1.09. The van der Waals surface area contributed by atoms with Crippen molar-refractivity contribution >= 4 is 29.0 Å². The van der Waals surface area contributed by atoms with Crippen LogP contribution in [0.2, 0.25) is 5.15 Å². The molecular formula is C21H26ClN5O2. The lowest BCUT2D eigenvalue weighted by atomic mass is 9.96. The number of amides is 1. The van der Waals surface area contributed by atoms with E-state index in [1.807, 2.05) is 29.2 Å². The molecule has 1 amide bonds. The van der Waals surface area contributed by atoms with Crippen LogP contribution in [-0.4, -0.2) is 67.4 Å². The number of ether oxygens (including phenoxy) is 1. The Kier molecular flexibility index (Phi) is 6.04. The van der Waals surface area contributed by atoms with Gasteiger partial charge in [-0.3, -0.25) is 4.79 Å².